The second kappa shape index (κ2) is 16.8. The summed E-state index contributed by atoms with van der Waals surface area (Å²) in [4.78, 5) is 56.4. The molecular formula is C35H47N3O7S. The number of thioether (sulfide) groups is 1. The quantitative estimate of drug-likeness (QED) is 0.232. The van der Waals surface area contributed by atoms with Crippen LogP contribution in [0.4, 0.5) is 10.5 Å². The molecule has 2 atom stereocenters. The van der Waals surface area contributed by atoms with Crippen LogP contribution in [0.5, 0.6) is 0 Å². The highest BCUT2D eigenvalue weighted by Crippen LogP contribution is 2.34. The number of nitrogens with one attached hydrogen (secondary N) is 1. The standard InChI is InChI=1S/C35H47N3O7S/c1-5-43-33(41)27(15-11-14-25-18-20-37(21-19-25)34(42)44-23-26-12-7-6-8-13-26)36-28-24-46-30-17-10-9-16-29(30)38(32(28)40)22-31(39)45-35(2,3)4/h6-10,12-13,16-17,25,27-28,36H,5,11,14-15,18-24H2,1-4H3/t27-,28-/m0/s1. The number of benzene rings is 2. The van der Waals surface area contributed by atoms with E-state index in [-0.39, 0.29) is 31.8 Å². The van der Waals surface area contributed by atoms with E-state index >= 15 is 0 Å². The lowest BCUT2D eigenvalue weighted by atomic mass is 9.91. The minimum absolute atomic E-state index is 0.228. The fourth-order valence-corrected chi connectivity index (χ4v) is 6.81. The smallest absolute Gasteiger partial charge is 0.410 e. The van der Waals surface area contributed by atoms with Crippen molar-refractivity contribution in [2.24, 2.45) is 5.92 Å². The SMILES string of the molecule is CCOC(=O)[C@H](CCCC1CCN(C(=O)OCc2ccccc2)CC1)N[C@H]1CSc2ccccc2N(CC(=O)OC(C)(C)C)C1=O. The Bertz CT molecular complexity index is 1320. The Balaban J connectivity index is 1.32. The molecule has 0 saturated carbocycles. The summed E-state index contributed by atoms with van der Waals surface area (Å²) in [7, 11) is 0. The Morgan fingerprint density at radius 2 is 1.70 bits per heavy atom. The Morgan fingerprint density at radius 3 is 2.39 bits per heavy atom. The largest absolute Gasteiger partial charge is 0.465 e. The number of esters is 2. The summed E-state index contributed by atoms with van der Waals surface area (Å²) in [5.41, 5.74) is 0.922. The van der Waals surface area contributed by atoms with Crippen LogP contribution in [0.2, 0.25) is 0 Å². The van der Waals surface area contributed by atoms with E-state index in [0.717, 1.165) is 36.1 Å². The number of ether oxygens (including phenoxy) is 3. The lowest BCUT2D eigenvalue weighted by Gasteiger charge is -2.32. The fraction of sp³-hybridized carbons (Fsp3) is 0.543. The van der Waals surface area contributed by atoms with Gasteiger partial charge in [-0.15, -0.1) is 11.8 Å². The van der Waals surface area contributed by atoms with E-state index in [2.05, 4.69) is 5.32 Å². The molecule has 10 nitrogen and oxygen atoms in total. The number of amides is 2. The summed E-state index contributed by atoms with van der Waals surface area (Å²) < 4.78 is 16.4. The molecule has 0 bridgehead atoms. The molecule has 11 heteroatoms. The second-order valence-electron chi connectivity index (χ2n) is 12.7. The highest BCUT2D eigenvalue weighted by molar-refractivity contribution is 7.99. The summed E-state index contributed by atoms with van der Waals surface area (Å²) in [6, 6.07) is 15.7. The average Bonchev–Trinajstić information content (AvgIpc) is 3.15. The molecule has 0 spiro atoms. The van der Waals surface area contributed by atoms with Crippen LogP contribution in [0.1, 0.15) is 65.4 Å². The van der Waals surface area contributed by atoms with Gasteiger partial charge >= 0.3 is 18.0 Å². The third-order valence-corrected chi connectivity index (χ3v) is 9.15. The third kappa shape index (κ3) is 10.5. The van der Waals surface area contributed by atoms with E-state index in [1.165, 1.54) is 16.7 Å². The first-order chi connectivity index (χ1) is 22.0. The highest BCUT2D eigenvalue weighted by atomic mass is 32.2. The molecule has 1 saturated heterocycles. The maximum Gasteiger partial charge on any atom is 0.410 e. The van der Waals surface area contributed by atoms with E-state index in [0.29, 0.717) is 36.9 Å². The first kappa shape index (κ1) is 35.3. The van der Waals surface area contributed by atoms with Crippen molar-refractivity contribution in [2.75, 3.05) is 36.9 Å². The first-order valence-corrected chi connectivity index (χ1v) is 17.2. The summed E-state index contributed by atoms with van der Waals surface area (Å²) >= 11 is 1.51. The highest BCUT2D eigenvalue weighted by Gasteiger charge is 2.36. The van der Waals surface area contributed by atoms with Gasteiger partial charge < -0.3 is 19.1 Å². The van der Waals surface area contributed by atoms with Gasteiger partial charge in [0.2, 0.25) is 5.91 Å². The van der Waals surface area contributed by atoms with Crippen LogP contribution >= 0.6 is 11.8 Å². The zero-order valence-electron chi connectivity index (χ0n) is 27.4. The molecule has 2 aromatic carbocycles. The van der Waals surface area contributed by atoms with Crippen molar-refractivity contribution in [2.45, 2.75) is 89.0 Å². The Labute approximate surface area is 276 Å². The van der Waals surface area contributed by atoms with Crippen LogP contribution in [-0.2, 0) is 35.2 Å². The normalized spacial score (nSPS) is 17.9. The molecule has 4 rings (SSSR count). The van der Waals surface area contributed by atoms with E-state index in [1.54, 1.807) is 32.6 Å². The zero-order valence-corrected chi connectivity index (χ0v) is 28.2. The molecule has 0 aliphatic carbocycles. The number of fused-ring (bicyclic) bond motifs is 1. The Hall–Kier alpha value is -3.57. The van der Waals surface area contributed by atoms with Gasteiger partial charge in [0.25, 0.3) is 0 Å². The molecule has 1 N–H and O–H groups in total. The number of carbonyl (C=O) groups excluding carboxylic acids is 4. The molecule has 2 amide bonds. The van der Waals surface area contributed by atoms with E-state index in [9.17, 15) is 19.2 Å². The molecular weight excluding hydrogens is 606 g/mol. The van der Waals surface area contributed by atoms with Crippen molar-refractivity contribution in [1.29, 1.82) is 0 Å². The molecule has 0 unspecified atom stereocenters. The van der Waals surface area contributed by atoms with Gasteiger partial charge in [-0.2, -0.15) is 0 Å². The minimum Gasteiger partial charge on any atom is -0.465 e. The number of likely N-dealkylation sites (tertiary alicyclic amines) is 1. The molecule has 2 aliphatic rings. The number of para-hydroxylation sites is 1. The topological polar surface area (TPSA) is 114 Å². The van der Waals surface area contributed by atoms with Gasteiger partial charge in [0, 0.05) is 23.7 Å². The van der Waals surface area contributed by atoms with Crippen LogP contribution in [-0.4, -0.2) is 78.5 Å². The van der Waals surface area contributed by atoms with Gasteiger partial charge in [-0.05, 0) is 70.6 Å². The number of hydrogen-bond donors (Lipinski definition) is 1. The average molecular weight is 654 g/mol. The monoisotopic (exact) mass is 653 g/mol. The molecule has 46 heavy (non-hydrogen) atoms. The number of hydrogen-bond acceptors (Lipinski definition) is 9. The summed E-state index contributed by atoms with van der Waals surface area (Å²) in [5.74, 6) is -0.357. The van der Waals surface area contributed by atoms with Gasteiger partial charge in [-0.25, -0.2) is 4.79 Å². The van der Waals surface area contributed by atoms with Crippen LogP contribution < -0.4 is 10.2 Å². The van der Waals surface area contributed by atoms with Gasteiger partial charge in [-0.1, -0.05) is 55.3 Å². The predicted octanol–water partition coefficient (Wildman–Crippen LogP) is 5.58. The van der Waals surface area contributed by atoms with Gasteiger partial charge in [0.05, 0.1) is 18.3 Å². The fourth-order valence-electron chi connectivity index (χ4n) is 5.72. The van der Waals surface area contributed by atoms with Crippen LogP contribution in [0.15, 0.2) is 59.5 Å². The maximum absolute atomic E-state index is 13.9. The molecule has 0 radical (unpaired) electrons. The van der Waals surface area contributed by atoms with Crippen LogP contribution in [0.25, 0.3) is 0 Å². The van der Waals surface area contributed by atoms with Crippen LogP contribution in [0, 0.1) is 5.92 Å². The number of rotatable bonds is 12. The molecule has 0 aromatic heterocycles. The summed E-state index contributed by atoms with van der Waals surface area (Å²) in [5, 5.41) is 3.30. The number of nitrogens with zero attached hydrogens (tertiary/aromatic N) is 2. The van der Waals surface area contributed by atoms with Crippen molar-refractivity contribution in [1.82, 2.24) is 10.2 Å². The molecule has 2 aliphatic heterocycles. The predicted molar refractivity (Wildman–Crippen MR) is 177 cm³/mol. The zero-order chi connectivity index (χ0) is 33.1. The Kier molecular flexibility index (Phi) is 12.9. The lowest BCUT2D eigenvalue weighted by Crippen LogP contribution is -2.54. The molecule has 2 aromatic rings. The van der Waals surface area contributed by atoms with Gasteiger partial charge in [0.1, 0.15) is 24.8 Å². The van der Waals surface area contributed by atoms with Gasteiger partial charge in [0.15, 0.2) is 0 Å². The number of anilines is 1. The molecule has 2 heterocycles. The van der Waals surface area contributed by atoms with Crippen molar-refractivity contribution >= 4 is 41.4 Å². The molecule has 1 fully saturated rings. The maximum atomic E-state index is 13.9. The van der Waals surface area contributed by atoms with E-state index in [4.69, 9.17) is 14.2 Å². The number of carbonyl (C=O) groups is 4. The second-order valence-corrected chi connectivity index (χ2v) is 13.8. The van der Waals surface area contributed by atoms with Crippen molar-refractivity contribution in [3.8, 4) is 0 Å². The lowest BCUT2D eigenvalue weighted by molar-refractivity contribution is -0.154. The summed E-state index contributed by atoms with van der Waals surface area (Å²) in [6.07, 6.45) is 3.61. The van der Waals surface area contributed by atoms with Crippen LogP contribution in [0.3, 0.4) is 0 Å². The van der Waals surface area contributed by atoms with E-state index < -0.39 is 29.6 Å². The molecule has 250 valence electrons. The van der Waals surface area contributed by atoms with Crippen molar-refractivity contribution in [3.05, 3.63) is 60.2 Å². The first-order valence-electron chi connectivity index (χ1n) is 16.2. The van der Waals surface area contributed by atoms with Crippen molar-refractivity contribution in [3.63, 3.8) is 0 Å². The Morgan fingerprint density at radius 1 is 1.00 bits per heavy atom. The number of piperidine rings is 1. The third-order valence-electron chi connectivity index (χ3n) is 7.99. The summed E-state index contributed by atoms with van der Waals surface area (Å²) in [6.45, 7) is 8.68. The minimum atomic E-state index is -0.709. The van der Waals surface area contributed by atoms with Gasteiger partial charge in [-0.3, -0.25) is 24.6 Å². The van der Waals surface area contributed by atoms with Crippen molar-refractivity contribution < 1.29 is 33.4 Å². The van der Waals surface area contributed by atoms with E-state index in [1.807, 2.05) is 54.6 Å².